The van der Waals surface area contributed by atoms with Gasteiger partial charge in [0.05, 0.1) is 12.8 Å². The smallest absolute Gasteiger partial charge is 0.259 e. The maximum Gasteiger partial charge on any atom is 0.259 e. The average molecular weight is 466 g/mol. The van der Waals surface area contributed by atoms with Gasteiger partial charge in [0.2, 0.25) is 0 Å². The van der Waals surface area contributed by atoms with E-state index in [2.05, 4.69) is 38.4 Å². The maximum atomic E-state index is 12.5. The van der Waals surface area contributed by atoms with Gasteiger partial charge in [-0.2, -0.15) is 5.10 Å². The topological polar surface area (TPSA) is 79.8 Å². The molecule has 0 heterocycles. The Morgan fingerprint density at radius 3 is 2.73 bits per heavy atom. The second kappa shape index (κ2) is 10.4. The third kappa shape index (κ3) is 5.55. The van der Waals surface area contributed by atoms with Gasteiger partial charge < -0.3 is 10.1 Å². The molecule has 6 nitrogen and oxygen atoms in total. The zero-order valence-corrected chi connectivity index (χ0v) is 17.7. The number of ether oxygens (including phenoxy) is 1. The third-order valence-electron chi connectivity index (χ3n) is 4.17. The fourth-order valence-electron chi connectivity index (χ4n) is 2.79. The molecule has 0 aliphatic carbocycles. The van der Waals surface area contributed by atoms with E-state index in [-0.39, 0.29) is 12.5 Å². The molecule has 0 bridgehead atoms. The van der Waals surface area contributed by atoms with E-state index in [9.17, 15) is 9.59 Å². The van der Waals surface area contributed by atoms with Gasteiger partial charge in [0.1, 0.15) is 12.4 Å². The lowest BCUT2D eigenvalue weighted by Crippen LogP contribution is -2.35. The Balaban J connectivity index is 1.58. The van der Waals surface area contributed by atoms with Gasteiger partial charge >= 0.3 is 0 Å². The zero-order valence-electron chi connectivity index (χ0n) is 16.1. The van der Waals surface area contributed by atoms with Gasteiger partial charge in [-0.05, 0) is 35.0 Å². The highest BCUT2D eigenvalue weighted by atomic mass is 79.9. The van der Waals surface area contributed by atoms with Gasteiger partial charge in [-0.25, -0.2) is 5.43 Å². The predicted octanol–water partition coefficient (Wildman–Crippen LogP) is 4.05. The molecular weight excluding hydrogens is 446 g/mol. The molecular formula is C23H20BrN3O3. The molecule has 0 aliphatic rings. The van der Waals surface area contributed by atoms with E-state index >= 15 is 0 Å². The van der Waals surface area contributed by atoms with E-state index in [1.54, 1.807) is 18.2 Å². The van der Waals surface area contributed by atoms with Crippen LogP contribution in [0.15, 0.2) is 82.9 Å². The summed E-state index contributed by atoms with van der Waals surface area (Å²) in [6.07, 6.45) is 3.12. The SMILES string of the molecule is C=CCOc1ccc(Br)cc1/C=N\NC(=O)CNC(=O)c1cccc2ccccc12. The Labute approximate surface area is 182 Å². The Kier molecular flexibility index (Phi) is 7.34. The fraction of sp³-hybridized carbons (Fsp3) is 0.0870. The molecule has 0 aromatic heterocycles. The van der Waals surface area contributed by atoms with Crippen molar-refractivity contribution in [2.45, 2.75) is 0 Å². The second-order valence-corrected chi connectivity index (χ2v) is 7.20. The molecule has 0 fully saturated rings. The van der Waals surface area contributed by atoms with Crippen LogP contribution in [0.25, 0.3) is 10.8 Å². The predicted molar refractivity (Wildman–Crippen MR) is 122 cm³/mol. The number of hydrogen-bond donors (Lipinski definition) is 2. The molecule has 0 atom stereocenters. The summed E-state index contributed by atoms with van der Waals surface area (Å²) in [6.45, 7) is 3.78. The van der Waals surface area contributed by atoms with E-state index in [0.29, 0.717) is 23.5 Å². The third-order valence-corrected chi connectivity index (χ3v) is 4.66. The molecule has 152 valence electrons. The average Bonchev–Trinajstić information content (AvgIpc) is 2.76. The first-order chi connectivity index (χ1) is 14.6. The lowest BCUT2D eigenvalue weighted by molar-refractivity contribution is -0.120. The van der Waals surface area contributed by atoms with Gasteiger partial charge in [-0.15, -0.1) is 0 Å². The van der Waals surface area contributed by atoms with Crippen molar-refractivity contribution in [3.63, 3.8) is 0 Å². The Morgan fingerprint density at radius 1 is 1.10 bits per heavy atom. The first kappa shape index (κ1) is 21.3. The minimum Gasteiger partial charge on any atom is -0.489 e. The molecule has 0 saturated carbocycles. The molecule has 0 radical (unpaired) electrons. The minimum atomic E-state index is -0.441. The highest BCUT2D eigenvalue weighted by Crippen LogP contribution is 2.22. The number of rotatable bonds is 8. The molecule has 0 unspecified atom stereocenters. The van der Waals surface area contributed by atoms with Crippen LogP contribution in [0, 0.1) is 0 Å². The summed E-state index contributed by atoms with van der Waals surface area (Å²) in [5.41, 5.74) is 3.61. The van der Waals surface area contributed by atoms with Crippen LogP contribution in [0.4, 0.5) is 0 Å². The summed E-state index contributed by atoms with van der Waals surface area (Å²) in [4.78, 5) is 24.5. The number of nitrogens with one attached hydrogen (secondary N) is 2. The number of carbonyl (C=O) groups is 2. The van der Waals surface area contributed by atoms with Crippen LogP contribution in [-0.2, 0) is 4.79 Å². The molecule has 0 spiro atoms. The molecule has 0 saturated heterocycles. The van der Waals surface area contributed by atoms with E-state index in [0.717, 1.165) is 15.2 Å². The lowest BCUT2D eigenvalue weighted by atomic mass is 10.0. The van der Waals surface area contributed by atoms with Crippen molar-refractivity contribution in [2.75, 3.05) is 13.2 Å². The maximum absolute atomic E-state index is 12.5. The van der Waals surface area contributed by atoms with Gasteiger partial charge in [0.25, 0.3) is 11.8 Å². The molecule has 30 heavy (non-hydrogen) atoms. The number of carbonyl (C=O) groups excluding carboxylic acids is 2. The van der Waals surface area contributed by atoms with Crippen molar-refractivity contribution in [3.8, 4) is 5.75 Å². The molecule has 2 N–H and O–H groups in total. The molecule has 3 aromatic rings. The van der Waals surface area contributed by atoms with Crippen LogP contribution in [0.5, 0.6) is 5.75 Å². The van der Waals surface area contributed by atoms with Crippen LogP contribution >= 0.6 is 15.9 Å². The van der Waals surface area contributed by atoms with Crippen molar-refractivity contribution in [1.82, 2.24) is 10.7 Å². The number of benzene rings is 3. The Hall–Kier alpha value is -3.45. The van der Waals surface area contributed by atoms with Gasteiger partial charge in [0, 0.05) is 15.6 Å². The molecule has 0 aliphatic heterocycles. The summed E-state index contributed by atoms with van der Waals surface area (Å²) >= 11 is 3.39. The minimum absolute atomic E-state index is 0.197. The molecule has 2 amide bonds. The van der Waals surface area contributed by atoms with Crippen LogP contribution in [0.3, 0.4) is 0 Å². The number of halogens is 1. The summed E-state index contributed by atoms with van der Waals surface area (Å²) in [5, 5.41) is 8.36. The number of amides is 2. The summed E-state index contributed by atoms with van der Waals surface area (Å²) < 4.78 is 6.41. The molecule has 7 heteroatoms. The van der Waals surface area contributed by atoms with Crippen molar-refractivity contribution >= 4 is 44.7 Å². The first-order valence-corrected chi connectivity index (χ1v) is 9.99. The summed E-state index contributed by atoms with van der Waals surface area (Å²) in [5.74, 6) is -0.151. The van der Waals surface area contributed by atoms with Gasteiger partial charge in [-0.1, -0.05) is 65.0 Å². The Morgan fingerprint density at radius 2 is 1.90 bits per heavy atom. The molecule has 3 rings (SSSR count). The lowest BCUT2D eigenvalue weighted by Gasteiger charge is -2.08. The van der Waals surface area contributed by atoms with E-state index in [1.165, 1.54) is 6.21 Å². The molecule has 3 aromatic carbocycles. The highest BCUT2D eigenvalue weighted by molar-refractivity contribution is 9.10. The van der Waals surface area contributed by atoms with E-state index in [4.69, 9.17) is 4.74 Å². The van der Waals surface area contributed by atoms with Crippen LogP contribution in [-0.4, -0.2) is 31.2 Å². The van der Waals surface area contributed by atoms with Gasteiger partial charge in [-0.3, -0.25) is 9.59 Å². The number of hydrogen-bond acceptors (Lipinski definition) is 4. The normalized spacial score (nSPS) is 10.7. The first-order valence-electron chi connectivity index (χ1n) is 9.19. The second-order valence-electron chi connectivity index (χ2n) is 6.28. The number of nitrogens with zero attached hydrogens (tertiary/aromatic N) is 1. The van der Waals surface area contributed by atoms with E-state index in [1.807, 2.05) is 48.5 Å². The quantitative estimate of drug-likeness (QED) is 0.299. The largest absolute Gasteiger partial charge is 0.489 e. The Bertz CT molecular complexity index is 1110. The number of hydrazone groups is 1. The van der Waals surface area contributed by atoms with Crippen molar-refractivity contribution in [3.05, 3.63) is 88.9 Å². The van der Waals surface area contributed by atoms with E-state index < -0.39 is 5.91 Å². The van der Waals surface area contributed by atoms with Crippen LogP contribution in [0.1, 0.15) is 15.9 Å². The van der Waals surface area contributed by atoms with Crippen LogP contribution in [0.2, 0.25) is 0 Å². The zero-order chi connectivity index (χ0) is 21.3. The fourth-order valence-corrected chi connectivity index (χ4v) is 3.17. The van der Waals surface area contributed by atoms with Crippen molar-refractivity contribution < 1.29 is 14.3 Å². The number of fused-ring (bicyclic) bond motifs is 1. The van der Waals surface area contributed by atoms with Crippen molar-refractivity contribution in [1.29, 1.82) is 0 Å². The van der Waals surface area contributed by atoms with Crippen LogP contribution < -0.4 is 15.5 Å². The van der Waals surface area contributed by atoms with Gasteiger partial charge in [0.15, 0.2) is 0 Å². The summed E-state index contributed by atoms with van der Waals surface area (Å²) in [6, 6.07) is 18.5. The van der Waals surface area contributed by atoms with Crippen molar-refractivity contribution in [2.24, 2.45) is 5.10 Å². The monoisotopic (exact) mass is 465 g/mol. The summed E-state index contributed by atoms with van der Waals surface area (Å²) in [7, 11) is 0. The standard InChI is InChI=1S/C23H20BrN3O3/c1-2-12-30-21-11-10-18(24)13-17(21)14-26-27-22(28)15-25-23(29)20-9-5-7-16-6-3-4-8-19(16)20/h2-11,13-14H,1,12,15H2,(H,25,29)(H,27,28)/b26-14-. The highest BCUT2D eigenvalue weighted by Gasteiger charge is 2.11.